The van der Waals surface area contributed by atoms with E-state index in [2.05, 4.69) is 27.1 Å². The molecule has 1 aliphatic heterocycles. The van der Waals surface area contributed by atoms with Crippen LogP contribution in [0.3, 0.4) is 0 Å². The molecular formula is C19H21N3O2S. The molecule has 0 unspecified atom stereocenters. The Morgan fingerprint density at radius 2 is 2.24 bits per heavy atom. The van der Waals surface area contributed by atoms with Crippen LogP contribution >= 0.6 is 11.3 Å². The number of ether oxygens (including phenoxy) is 1. The van der Waals surface area contributed by atoms with Crippen LogP contribution in [0.25, 0.3) is 10.1 Å². The van der Waals surface area contributed by atoms with Crippen LogP contribution in [0.4, 0.5) is 0 Å². The van der Waals surface area contributed by atoms with Crippen molar-refractivity contribution in [2.24, 2.45) is 5.92 Å². The fraction of sp³-hybridized carbons (Fsp3) is 0.368. The summed E-state index contributed by atoms with van der Waals surface area (Å²) >= 11 is 1.70. The van der Waals surface area contributed by atoms with Crippen molar-refractivity contribution < 1.29 is 9.53 Å². The van der Waals surface area contributed by atoms with Crippen molar-refractivity contribution in [2.45, 2.75) is 19.5 Å². The first-order valence-corrected chi connectivity index (χ1v) is 9.33. The van der Waals surface area contributed by atoms with Gasteiger partial charge in [-0.05, 0) is 22.4 Å². The molecule has 0 N–H and O–H groups in total. The quantitative estimate of drug-likeness (QED) is 0.723. The summed E-state index contributed by atoms with van der Waals surface area (Å²) in [7, 11) is 1.71. The highest BCUT2D eigenvalue weighted by Crippen LogP contribution is 2.27. The lowest BCUT2D eigenvalue weighted by Gasteiger charge is -2.24. The highest BCUT2D eigenvalue weighted by atomic mass is 32.1. The minimum Gasteiger partial charge on any atom is -0.384 e. The van der Waals surface area contributed by atoms with Crippen LogP contribution in [0.2, 0.25) is 0 Å². The molecule has 2 aromatic heterocycles. The van der Waals surface area contributed by atoms with Gasteiger partial charge < -0.3 is 14.2 Å². The van der Waals surface area contributed by atoms with Crippen molar-refractivity contribution in [3.8, 4) is 0 Å². The molecule has 1 atom stereocenters. The maximum absolute atomic E-state index is 13.0. The fourth-order valence-corrected chi connectivity index (χ4v) is 4.49. The number of nitrogens with zero attached hydrogens (tertiary/aromatic N) is 3. The lowest BCUT2D eigenvalue weighted by molar-refractivity contribution is -0.131. The molecule has 5 nitrogen and oxygen atoms in total. The first-order valence-electron chi connectivity index (χ1n) is 8.45. The summed E-state index contributed by atoms with van der Waals surface area (Å²) in [6.07, 6.45) is 4.14. The van der Waals surface area contributed by atoms with E-state index in [0.717, 1.165) is 24.3 Å². The summed E-state index contributed by atoms with van der Waals surface area (Å²) in [6.45, 7) is 2.81. The van der Waals surface area contributed by atoms with E-state index in [1.54, 1.807) is 18.4 Å². The van der Waals surface area contributed by atoms with E-state index in [9.17, 15) is 4.79 Å². The third-order valence-corrected chi connectivity index (χ3v) is 5.76. The summed E-state index contributed by atoms with van der Waals surface area (Å²) in [5.74, 6) is 0.447. The first kappa shape index (κ1) is 16.3. The number of carbonyl (C=O) groups is 1. The molecule has 25 heavy (non-hydrogen) atoms. The second kappa shape index (κ2) is 6.98. The van der Waals surface area contributed by atoms with Gasteiger partial charge in [-0.3, -0.25) is 4.79 Å². The molecule has 0 spiro atoms. The standard InChI is InChI=1S/C19H21N3O2S/c1-24-11-14-8-21(10-16-7-20-13-22(16)9-14)19(23)6-15-12-25-18-5-3-2-4-17(15)18/h2-5,7,12-14H,6,8-11H2,1H3/t14-/m1/s1. The number of methoxy groups -OCH3 is 1. The second-order valence-corrected chi connectivity index (χ2v) is 7.48. The summed E-state index contributed by atoms with van der Waals surface area (Å²) < 4.78 is 8.72. The fourth-order valence-electron chi connectivity index (χ4n) is 3.53. The van der Waals surface area contributed by atoms with E-state index in [1.165, 1.54) is 10.1 Å². The predicted octanol–water partition coefficient (Wildman–Crippen LogP) is 2.95. The molecule has 0 saturated heterocycles. The van der Waals surface area contributed by atoms with Gasteiger partial charge in [-0.1, -0.05) is 18.2 Å². The zero-order chi connectivity index (χ0) is 17.2. The van der Waals surface area contributed by atoms with Crippen molar-refractivity contribution in [3.63, 3.8) is 0 Å². The van der Waals surface area contributed by atoms with Crippen molar-refractivity contribution >= 4 is 27.3 Å². The third-order valence-electron chi connectivity index (χ3n) is 4.74. The van der Waals surface area contributed by atoms with E-state index < -0.39 is 0 Å². The van der Waals surface area contributed by atoms with Gasteiger partial charge in [0.25, 0.3) is 0 Å². The zero-order valence-electron chi connectivity index (χ0n) is 14.2. The van der Waals surface area contributed by atoms with E-state index in [1.807, 2.05) is 29.6 Å². The molecule has 0 saturated carbocycles. The molecule has 4 rings (SSSR count). The monoisotopic (exact) mass is 355 g/mol. The highest BCUT2D eigenvalue weighted by Gasteiger charge is 2.25. The van der Waals surface area contributed by atoms with Gasteiger partial charge in [0, 0.05) is 37.0 Å². The Bertz CT molecular complexity index is 886. The molecular weight excluding hydrogens is 334 g/mol. The average molecular weight is 355 g/mol. The van der Waals surface area contributed by atoms with Crippen LogP contribution in [0.15, 0.2) is 42.2 Å². The Labute approximate surface area is 150 Å². The Morgan fingerprint density at radius 1 is 1.36 bits per heavy atom. The van der Waals surface area contributed by atoms with Crippen molar-refractivity contribution in [2.75, 3.05) is 20.3 Å². The topological polar surface area (TPSA) is 47.4 Å². The molecule has 3 aromatic rings. The SMILES string of the molecule is COC[C@@H]1CN(C(=O)Cc2csc3ccccc23)Cc2cncn2C1. The molecule has 0 bridgehead atoms. The zero-order valence-corrected chi connectivity index (χ0v) is 15.0. The predicted molar refractivity (Wildman–Crippen MR) is 98.5 cm³/mol. The molecule has 1 aromatic carbocycles. The number of carbonyl (C=O) groups excluding carboxylic acids is 1. The number of fused-ring (bicyclic) bond motifs is 2. The van der Waals surface area contributed by atoms with Crippen LogP contribution in [0.5, 0.6) is 0 Å². The van der Waals surface area contributed by atoms with E-state index >= 15 is 0 Å². The smallest absolute Gasteiger partial charge is 0.227 e. The Balaban J connectivity index is 1.56. The summed E-state index contributed by atoms with van der Waals surface area (Å²) in [5, 5.41) is 3.30. The highest BCUT2D eigenvalue weighted by molar-refractivity contribution is 7.17. The number of hydrogen-bond acceptors (Lipinski definition) is 4. The van der Waals surface area contributed by atoms with Gasteiger partial charge in [-0.25, -0.2) is 4.98 Å². The second-order valence-electron chi connectivity index (χ2n) is 6.57. The van der Waals surface area contributed by atoms with Crippen LogP contribution in [0, 0.1) is 5.92 Å². The van der Waals surface area contributed by atoms with Crippen LogP contribution < -0.4 is 0 Å². The summed E-state index contributed by atoms with van der Waals surface area (Å²) in [4.78, 5) is 19.2. The van der Waals surface area contributed by atoms with E-state index in [4.69, 9.17) is 4.74 Å². The van der Waals surface area contributed by atoms with Gasteiger partial charge in [0.2, 0.25) is 5.91 Å². The van der Waals surface area contributed by atoms with Gasteiger partial charge in [0.15, 0.2) is 0 Å². The van der Waals surface area contributed by atoms with Crippen LogP contribution in [0.1, 0.15) is 11.3 Å². The van der Waals surface area contributed by atoms with Crippen LogP contribution in [-0.2, 0) is 29.0 Å². The maximum Gasteiger partial charge on any atom is 0.227 e. The number of rotatable bonds is 4. The number of imidazole rings is 1. The average Bonchev–Trinajstić information content (AvgIpc) is 3.18. The number of thiophene rings is 1. The normalized spacial score (nSPS) is 17.5. The summed E-state index contributed by atoms with van der Waals surface area (Å²) in [5.41, 5.74) is 2.20. The minimum absolute atomic E-state index is 0.166. The van der Waals surface area contributed by atoms with Crippen LogP contribution in [-0.4, -0.2) is 40.6 Å². The van der Waals surface area contributed by atoms with Gasteiger partial charge in [-0.2, -0.15) is 0 Å². The Morgan fingerprint density at radius 3 is 3.12 bits per heavy atom. The molecule has 0 aliphatic carbocycles. The van der Waals surface area contributed by atoms with Gasteiger partial charge in [0.1, 0.15) is 0 Å². The number of benzene rings is 1. The lowest BCUT2D eigenvalue weighted by atomic mass is 10.1. The van der Waals surface area contributed by atoms with Crippen molar-refractivity contribution in [1.82, 2.24) is 14.5 Å². The maximum atomic E-state index is 13.0. The molecule has 0 radical (unpaired) electrons. The summed E-state index contributed by atoms with van der Waals surface area (Å²) in [6, 6.07) is 8.27. The lowest BCUT2D eigenvalue weighted by Crippen LogP contribution is -2.36. The molecule has 130 valence electrons. The molecule has 1 amide bonds. The Kier molecular flexibility index (Phi) is 4.55. The number of aromatic nitrogens is 2. The number of amides is 1. The molecule has 6 heteroatoms. The van der Waals surface area contributed by atoms with Gasteiger partial charge in [-0.15, -0.1) is 11.3 Å². The van der Waals surface area contributed by atoms with Crippen molar-refractivity contribution in [1.29, 1.82) is 0 Å². The van der Waals surface area contributed by atoms with Gasteiger partial charge >= 0.3 is 0 Å². The van der Waals surface area contributed by atoms with E-state index in [0.29, 0.717) is 19.6 Å². The minimum atomic E-state index is 0.166. The number of hydrogen-bond donors (Lipinski definition) is 0. The molecule has 1 aliphatic rings. The van der Waals surface area contributed by atoms with Crippen molar-refractivity contribution in [3.05, 3.63) is 53.4 Å². The third kappa shape index (κ3) is 3.32. The molecule has 0 fully saturated rings. The van der Waals surface area contributed by atoms with E-state index in [-0.39, 0.29) is 11.8 Å². The largest absolute Gasteiger partial charge is 0.384 e. The first-order chi connectivity index (χ1) is 12.2. The van der Waals surface area contributed by atoms with Gasteiger partial charge in [0.05, 0.1) is 31.6 Å². The Hall–Kier alpha value is -2.18. The molecule has 3 heterocycles.